The zero-order valence-electron chi connectivity index (χ0n) is 16.8. The molecule has 0 aliphatic heterocycles. The first-order valence-electron chi connectivity index (χ1n) is 9.83. The van der Waals surface area contributed by atoms with E-state index in [2.05, 4.69) is 32.2 Å². The van der Waals surface area contributed by atoms with Crippen molar-refractivity contribution in [2.75, 3.05) is 5.32 Å². The van der Waals surface area contributed by atoms with Crippen LogP contribution < -0.4 is 5.32 Å². The summed E-state index contributed by atoms with van der Waals surface area (Å²) in [5.41, 5.74) is 2.55. The molecule has 1 unspecified atom stereocenters. The van der Waals surface area contributed by atoms with Crippen molar-refractivity contribution >= 4 is 44.6 Å². The van der Waals surface area contributed by atoms with Gasteiger partial charge in [0.1, 0.15) is 11.1 Å². The van der Waals surface area contributed by atoms with E-state index in [1.165, 1.54) is 4.88 Å². The zero-order valence-corrected chi connectivity index (χ0v) is 18.4. The number of thiophene rings is 1. The minimum absolute atomic E-state index is 0.208. The molecule has 4 rings (SSSR count). The van der Waals surface area contributed by atoms with E-state index in [4.69, 9.17) is 11.6 Å². The molecule has 29 heavy (non-hydrogen) atoms. The number of nitrogens with zero attached hydrogens (tertiary/aromatic N) is 1. The maximum atomic E-state index is 13.1. The van der Waals surface area contributed by atoms with Crippen molar-refractivity contribution in [3.63, 3.8) is 0 Å². The van der Waals surface area contributed by atoms with E-state index >= 15 is 0 Å². The molecule has 1 N–H and O–H groups in total. The molecular weight excluding hydrogens is 400 g/mol. The topological polar surface area (TPSA) is 52.9 Å². The molecule has 2 aromatic carbocycles. The summed E-state index contributed by atoms with van der Waals surface area (Å²) >= 11 is 7.85. The molecule has 1 heterocycles. The van der Waals surface area contributed by atoms with Crippen molar-refractivity contribution in [3.05, 3.63) is 63.0 Å². The number of hydrogen-bond acceptors (Lipinski definition) is 3. The van der Waals surface area contributed by atoms with Crippen LogP contribution in [0.15, 0.2) is 36.4 Å². The minimum Gasteiger partial charge on any atom is -0.312 e. The zero-order chi connectivity index (χ0) is 20.8. The molecular formula is C24H23ClN2OS. The fourth-order valence-corrected chi connectivity index (χ4v) is 5.68. The first-order chi connectivity index (χ1) is 13.8. The third kappa shape index (κ3) is 3.66. The molecule has 1 aliphatic rings. The molecule has 0 saturated heterocycles. The maximum Gasteiger partial charge on any atom is 0.256 e. The van der Waals surface area contributed by atoms with E-state index in [-0.39, 0.29) is 11.3 Å². The Kier molecular flexibility index (Phi) is 5.14. The smallest absolute Gasteiger partial charge is 0.256 e. The molecule has 1 aromatic heterocycles. The van der Waals surface area contributed by atoms with Gasteiger partial charge in [0.2, 0.25) is 0 Å². The van der Waals surface area contributed by atoms with Gasteiger partial charge in [-0.3, -0.25) is 4.79 Å². The Morgan fingerprint density at radius 2 is 1.93 bits per heavy atom. The fraction of sp³-hybridized carbons (Fsp3) is 0.333. The van der Waals surface area contributed by atoms with Crippen LogP contribution >= 0.6 is 22.9 Å². The van der Waals surface area contributed by atoms with Gasteiger partial charge in [-0.15, -0.1) is 11.3 Å². The largest absolute Gasteiger partial charge is 0.312 e. The molecule has 0 radical (unpaired) electrons. The number of anilines is 1. The number of fused-ring (bicyclic) bond motifs is 2. The fourth-order valence-electron chi connectivity index (χ4n) is 4.17. The molecule has 0 fully saturated rings. The van der Waals surface area contributed by atoms with Crippen LogP contribution in [0.1, 0.15) is 53.6 Å². The van der Waals surface area contributed by atoms with Crippen LogP contribution in [-0.4, -0.2) is 5.91 Å². The van der Waals surface area contributed by atoms with Crippen molar-refractivity contribution in [3.8, 4) is 6.07 Å². The van der Waals surface area contributed by atoms with E-state index < -0.39 is 0 Å². The highest BCUT2D eigenvalue weighted by Crippen LogP contribution is 2.44. The molecule has 0 spiro atoms. The van der Waals surface area contributed by atoms with Crippen molar-refractivity contribution in [2.24, 2.45) is 11.3 Å². The average molecular weight is 423 g/mol. The third-order valence-electron chi connectivity index (χ3n) is 5.94. The van der Waals surface area contributed by atoms with Crippen LogP contribution in [0.25, 0.3) is 10.8 Å². The lowest BCUT2D eigenvalue weighted by atomic mass is 9.72. The molecule has 1 aliphatic carbocycles. The summed E-state index contributed by atoms with van der Waals surface area (Å²) in [4.78, 5) is 14.3. The van der Waals surface area contributed by atoms with Crippen molar-refractivity contribution < 1.29 is 4.79 Å². The Morgan fingerprint density at radius 1 is 1.21 bits per heavy atom. The Hall–Kier alpha value is -2.35. The summed E-state index contributed by atoms with van der Waals surface area (Å²) in [5.74, 6) is 0.379. The standard InChI is InChI=1S/C24H23ClN2OS/c1-24(2,3)14-10-11-17-19(13-26)23(29-21(17)12-14)27-22(28)18-8-4-7-16-15(18)6-5-9-20(16)25/h4-9,14H,10-12H2,1-3H3,(H,27,28). The van der Waals surface area contributed by atoms with Gasteiger partial charge < -0.3 is 5.32 Å². The Bertz CT molecular complexity index is 1150. The predicted molar refractivity (Wildman–Crippen MR) is 121 cm³/mol. The number of nitrogens with one attached hydrogen (secondary N) is 1. The lowest BCUT2D eigenvalue weighted by molar-refractivity contribution is 0.102. The number of halogens is 1. The highest BCUT2D eigenvalue weighted by atomic mass is 35.5. The van der Waals surface area contributed by atoms with Gasteiger partial charge in [0.15, 0.2) is 0 Å². The summed E-state index contributed by atoms with van der Waals surface area (Å²) in [6.45, 7) is 6.82. The summed E-state index contributed by atoms with van der Waals surface area (Å²) in [6, 6.07) is 13.4. The van der Waals surface area contributed by atoms with Gasteiger partial charge in [-0.05, 0) is 53.7 Å². The van der Waals surface area contributed by atoms with E-state index in [0.717, 1.165) is 35.6 Å². The molecule has 0 saturated carbocycles. The maximum absolute atomic E-state index is 13.1. The highest BCUT2D eigenvalue weighted by molar-refractivity contribution is 7.16. The second-order valence-corrected chi connectivity index (χ2v) is 10.2. The summed E-state index contributed by atoms with van der Waals surface area (Å²) < 4.78 is 0. The quantitative estimate of drug-likeness (QED) is 0.492. The van der Waals surface area contributed by atoms with Crippen LogP contribution in [0, 0.1) is 22.7 Å². The van der Waals surface area contributed by atoms with Gasteiger partial charge in [-0.25, -0.2) is 0 Å². The number of rotatable bonds is 2. The van der Waals surface area contributed by atoms with E-state index in [1.54, 1.807) is 17.4 Å². The Labute approximate surface area is 180 Å². The van der Waals surface area contributed by atoms with Gasteiger partial charge in [-0.2, -0.15) is 5.26 Å². The van der Waals surface area contributed by atoms with Crippen LogP contribution in [0.5, 0.6) is 0 Å². The number of amides is 1. The van der Waals surface area contributed by atoms with Crippen LogP contribution in [0.4, 0.5) is 5.00 Å². The monoisotopic (exact) mass is 422 g/mol. The highest BCUT2D eigenvalue weighted by Gasteiger charge is 2.32. The molecule has 5 heteroatoms. The van der Waals surface area contributed by atoms with E-state index in [1.807, 2.05) is 30.3 Å². The SMILES string of the molecule is CC(C)(C)C1CCc2c(sc(NC(=O)c3cccc4c(Cl)cccc34)c2C#N)C1. The van der Waals surface area contributed by atoms with Gasteiger partial charge in [0.25, 0.3) is 5.91 Å². The Morgan fingerprint density at radius 3 is 2.66 bits per heavy atom. The van der Waals surface area contributed by atoms with Crippen LogP contribution in [0.2, 0.25) is 5.02 Å². The van der Waals surface area contributed by atoms with Gasteiger partial charge in [0.05, 0.1) is 5.56 Å². The van der Waals surface area contributed by atoms with Gasteiger partial charge in [-0.1, -0.05) is 56.6 Å². The van der Waals surface area contributed by atoms with Crippen molar-refractivity contribution in [2.45, 2.75) is 40.0 Å². The predicted octanol–water partition coefficient (Wildman–Crippen LogP) is 6.83. The second-order valence-electron chi connectivity index (χ2n) is 8.72. The van der Waals surface area contributed by atoms with E-state index in [0.29, 0.717) is 27.1 Å². The Balaban J connectivity index is 1.68. The van der Waals surface area contributed by atoms with Crippen molar-refractivity contribution in [1.29, 1.82) is 5.26 Å². The summed E-state index contributed by atoms with van der Waals surface area (Å²) in [6.07, 6.45) is 2.95. The average Bonchev–Trinajstić information content (AvgIpc) is 3.03. The van der Waals surface area contributed by atoms with E-state index in [9.17, 15) is 10.1 Å². The third-order valence-corrected chi connectivity index (χ3v) is 7.44. The number of carbonyl (C=O) groups excluding carboxylic acids is 1. The molecule has 3 nitrogen and oxygen atoms in total. The summed E-state index contributed by atoms with van der Waals surface area (Å²) in [5, 5.41) is 15.7. The molecule has 148 valence electrons. The number of nitriles is 1. The molecule has 0 bridgehead atoms. The first-order valence-corrected chi connectivity index (χ1v) is 11.0. The lowest BCUT2D eigenvalue weighted by Crippen LogP contribution is -2.26. The molecule has 3 aromatic rings. The van der Waals surface area contributed by atoms with Crippen LogP contribution in [0.3, 0.4) is 0 Å². The van der Waals surface area contributed by atoms with Gasteiger partial charge >= 0.3 is 0 Å². The number of benzene rings is 2. The van der Waals surface area contributed by atoms with Crippen LogP contribution in [-0.2, 0) is 12.8 Å². The second kappa shape index (κ2) is 7.48. The lowest BCUT2D eigenvalue weighted by Gasteiger charge is -2.33. The van der Waals surface area contributed by atoms with Gasteiger partial charge in [0, 0.05) is 20.8 Å². The first kappa shape index (κ1) is 19.9. The molecule has 1 atom stereocenters. The summed E-state index contributed by atoms with van der Waals surface area (Å²) in [7, 11) is 0. The van der Waals surface area contributed by atoms with Crippen molar-refractivity contribution in [1.82, 2.24) is 0 Å². The number of carbonyl (C=O) groups is 1. The minimum atomic E-state index is -0.208. The normalized spacial score (nSPS) is 16.3. The molecule has 1 amide bonds. The number of hydrogen-bond donors (Lipinski definition) is 1.